The molecule has 1 aromatic carbocycles. The lowest BCUT2D eigenvalue weighted by molar-refractivity contribution is 0.0744. The van der Waals surface area contributed by atoms with Crippen molar-refractivity contribution in [3.8, 4) is 0 Å². The Morgan fingerprint density at radius 1 is 1.33 bits per heavy atom. The number of nitrogens with zero attached hydrogens (tertiary/aromatic N) is 1. The Labute approximate surface area is 137 Å². The number of amides is 1. The molecule has 0 heterocycles. The van der Waals surface area contributed by atoms with E-state index in [0.717, 1.165) is 6.07 Å². The maximum absolute atomic E-state index is 12.3. The zero-order valence-electron chi connectivity index (χ0n) is 11.2. The smallest absolute Gasteiger partial charge is 0.256 e. The van der Waals surface area contributed by atoms with Crippen LogP contribution in [0.2, 0.25) is 15.1 Å². The standard InChI is InChI=1S/C11H13Cl3N2O4S/c1-16(3-4-20-2)11(17)8-9(13)6(12)5-7(10(8)14)21(15,18)19/h5H,3-4H2,1-2H3,(H2,15,18,19). The van der Waals surface area contributed by atoms with Crippen LogP contribution in [-0.4, -0.2) is 46.5 Å². The minimum absolute atomic E-state index is 0.131. The fraction of sp³-hybridized carbons (Fsp3) is 0.364. The summed E-state index contributed by atoms with van der Waals surface area (Å²) in [5.74, 6) is -0.588. The monoisotopic (exact) mass is 374 g/mol. The molecule has 118 valence electrons. The molecule has 0 aliphatic rings. The Balaban J connectivity index is 3.42. The van der Waals surface area contributed by atoms with Gasteiger partial charge in [0.05, 0.1) is 27.2 Å². The summed E-state index contributed by atoms with van der Waals surface area (Å²) in [6, 6.07) is 1.01. The SMILES string of the molecule is COCCN(C)C(=O)c1c(Cl)c(Cl)cc(S(N)(=O)=O)c1Cl. The van der Waals surface area contributed by atoms with Gasteiger partial charge in [0.25, 0.3) is 5.91 Å². The van der Waals surface area contributed by atoms with Gasteiger partial charge in [-0.1, -0.05) is 34.8 Å². The molecule has 6 nitrogen and oxygen atoms in total. The number of primary sulfonamides is 1. The van der Waals surface area contributed by atoms with Crippen molar-refractivity contribution in [1.29, 1.82) is 0 Å². The second kappa shape index (κ2) is 7.13. The number of carbonyl (C=O) groups excluding carboxylic acids is 1. The first-order chi connectivity index (χ1) is 9.61. The van der Waals surface area contributed by atoms with Crippen molar-refractivity contribution in [2.24, 2.45) is 5.14 Å². The summed E-state index contributed by atoms with van der Waals surface area (Å²) in [5, 5.41) is 4.42. The van der Waals surface area contributed by atoms with Crippen LogP contribution >= 0.6 is 34.8 Å². The number of benzene rings is 1. The Kier molecular flexibility index (Phi) is 6.27. The third-order valence-electron chi connectivity index (χ3n) is 2.62. The maximum atomic E-state index is 12.3. The average Bonchev–Trinajstić information content (AvgIpc) is 2.38. The molecular weight excluding hydrogens is 363 g/mol. The molecule has 0 fully saturated rings. The topological polar surface area (TPSA) is 89.7 Å². The van der Waals surface area contributed by atoms with Crippen molar-refractivity contribution in [2.45, 2.75) is 4.90 Å². The second-order valence-corrected chi connectivity index (χ2v) is 6.82. The molecular formula is C11H13Cl3N2O4S. The lowest BCUT2D eigenvalue weighted by Crippen LogP contribution is -2.31. The molecule has 0 aliphatic heterocycles. The number of likely N-dealkylation sites (N-methyl/N-ethyl adjacent to an activating group) is 1. The second-order valence-electron chi connectivity index (χ2n) is 4.12. The van der Waals surface area contributed by atoms with Crippen molar-refractivity contribution >= 4 is 50.7 Å². The van der Waals surface area contributed by atoms with Gasteiger partial charge in [-0.2, -0.15) is 0 Å². The summed E-state index contributed by atoms with van der Waals surface area (Å²) in [6.07, 6.45) is 0. The van der Waals surface area contributed by atoms with Crippen LogP contribution in [0.3, 0.4) is 0 Å². The van der Waals surface area contributed by atoms with E-state index in [1.807, 2.05) is 0 Å². The predicted octanol–water partition coefficient (Wildman–Crippen LogP) is 2.01. The number of halogens is 3. The number of ether oxygens (including phenoxy) is 1. The van der Waals surface area contributed by atoms with Gasteiger partial charge < -0.3 is 9.64 Å². The van der Waals surface area contributed by atoms with Crippen molar-refractivity contribution < 1.29 is 17.9 Å². The van der Waals surface area contributed by atoms with E-state index in [0.29, 0.717) is 6.61 Å². The minimum atomic E-state index is -4.14. The largest absolute Gasteiger partial charge is 0.383 e. The summed E-state index contributed by atoms with van der Waals surface area (Å²) in [6.45, 7) is 0.555. The highest BCUT2D eigenvalue weighted by molar-refractivity contribution is 7.89. The fourth-order valence-corrected chi connectivity index (χ4v) is 3.23. The molecule has 0 saturated carbocycles. The van der Waals surface area contributed by atoms with Gasteiger partial charge in [0, 0.05) is 20.7 Å². The first-order valence-corrected chi connectivity index (χ1v) is 8.24. The van der Waals surface area contributed by atoms with Gasteiger partial charge in [0.15, 0.2) is 0 Å². The summed E-state index contributed by atoms with van der Waals surface area (Å²) < 4.78 is 27.8. The maximum Gasteiger partial charge on any atom is 0.256 e. The first-order valence-electron chi connectivity index (χ1n) is 5.56. The molecule has 0 aliphatic carbocycles. The van der Waals surface area contributed by atoms with E-state index < -0.39 is 20.8 Å². The van der Waals surface area contributed by atoms with E-state index in [1.54, 1.807) is 0 Å². The van der Waals surface area contributed by atoms with Gasteiger partial charge in [-0.3, -0.25) is 4.79 Å². The molecule has 0 spiro atoms. The fourth-order valence-electron chi connectivity index (χ4n) is 1.50. The molecule has 1 rings (SSSR count). The van der Waals surface area contributed by atoms with Crippen LogP contribution in [0, 0.1) is 0 Å². The van der Waals surface area contributed by atoms with Crippen LogP contribution in [0.5, 0.6) is 0 Å². The molecule has 0 bridgehead atoms. The van der Waals surface area contributed by atoms with E-state index in [1.165, 1.54) is 19.1 Å². The molecule has 1 amide bonds. The summed E-state index contributed by atoms with van der Waals surface area (Å²) in [4.78, 5) is 13.2. The van der Waals surface area contributed by atoms with Gasteiger partial charge in [-0.25, -0.2) is 13.6 Å². The molecule has 0 atom stereocenters. The Hall–Kier alpha value is -0.570. The molecule has 1 aromatic rings. The first kappa shape index (κ1) is 18.5. The van der Waals surface area contributed by atoms with E-state index in [9.17, 15) is 13.2 Å². The summed E-state index contributed by atoms with van der Waals surface area (Å²) >= 11 is 17.8. The van der Waals surface area contributed by atoms with Crippen LogP contribution in [0.1, 0.15) is 10.4 Å². The van der Waals surface area contributed by atoms with E-state index in [4.69, 9.17) is 44.7 Å². The van der Waals surface area contributed by atoms with Crippen LogP contribution in [0.25, 0.3) is 0 Å². The lowest BCUT2D eigenvalue weighted by atomic mass is 10.2. The van der Waals surface area contributed by atoms with E-state index in [2.05, 4.69) is 0 Å². The third-order valence-corrected chi connectivity index (χ3v) is 4.85. The Morgan fingerprint density at radius 3 is 2.38 bits per heavy atom. The molecule has 0 radical (unpaired) electrons. The Bertz CT molecular complexity index is 664. The van der Waals surface area contributed by atoms with Crippen LogP contribution in [0.4, 0.5) is 0 Å². The minimum Gasteiger partial charge on any atom is -0.383 e. The normalized spacial score (nSPS) is 11.5. The number of rotatable bonds is 5. The molecule has 0 saturated heterocycles. The van der Waals surface area contributed by atoms with Crippen molar-refractivity contribution in [3.05, 3.63) is 26.7 Å². The van der Waals surface area contributed by atoms with E-state index >= 15 is 0 Å². The molecule has 2 N–H and O–H groups in total. The van der Waals surface area contributed by atoms with Gasteiger partial charge in [0.1, 0.15) is 4.90 Å². The van der Waals surface area contributed by atoms with Gasteiger partial charge in [-0.15, -0.1) is 0 Å². The van der Waals surface area contributed by atoms with Gasteiger partial charge in [0.2, 0.25) is 10.0 Å². The third kappa shape index (κ3) is 4.21. The molecule has 21 heavy (non-hydrogen) atoms. The van der Waals surface area contributed by atoms with Gasteiger partial charge in [-0.05, 0) is 6.07 Å². The van der Waals surface area contributed by atoms with Crippen LogP contribution in [0.15, 0.2) is 11.0 Å². The zero-order chi connectivity index (χ0) is 16.4. The average molecular weight is 376 g/mol. The van der Waals surface area contributed by atoms with E-state index in [-0.39, 0.29) is 27.2 Å². The Morgan fingerprint density at radius 2 is 1.90 bits per heavy atom. The van der Waals surface area contributed by atoms with Crippen LogP contribution in [-0.2, 0) is 14.8 Å². The molecule has 0 aromatic heterocycles. The number of sulfonamides is 1. The highest BCUT2D eigenvalue weighted by atomic mass is 35.5. The summed E-state index contributed by atoms with van der Waals surface area (Å²) in [7, 11) is -1.17. The van der Waals surface area contributed by atoms with Gasteiger partial charge >= 0.3 is 0 Å². The number of carbonyl (C=O) groups is 1. The number of nitrogens with two attached hydrogens (primary N) is 1. The van der Waals surface area contributed by atoms with Crippen LogP contribution < -0.4 is 5.14 Å². The van der Waals surface area contributed by atoms with Crippen molar-refractivity contribution in [3.63, 3.8) is 0 Å². The van der Waals surface area contributed by atoms with Crippen molar-refractivity contribution in [2.75, 3.05) is 27.3 Å². The quantitative estimate of drug-likeness (QED) is 0.797. The highest BCUT2D eigenvalue weighted by Crippen LogP contribution is 2.36. The highest BCUT2D eigenvalue weighted by Gasteiger charge is 2.27. The molecule has 10 heteroatoms. The number of hydrogen-bond acceptors (Lipinski definition) is 4. The lowest BCUT2D eigenvalue weighted by Gasteiger charge is -2.19. The predicted molar refractivity (Wildman–Crippen MR) is 81.7 cm³/mol. The van der Waals surface area contributed by atoms with Crippen molar-refractivity contribution in [1.82, 2.24) is 4.90 Å². The summed E-state index contributed by atoms with van der Waals surface area (Å²) in [5.41, 5.74) is -0.214. The molecule has 0 unspecified atom stereocenters. The zero-order valence-corrected chi connectivity index (χ0v) is 14.3. The number of hydrogen-bond donors (Lipinski definition) is 1. The number of methoxy groups -OCH3 is 1.